The molecule has 5 saturated heterocycles. The fourth-order valence-corrected chi connectivity index (χ4v) is 15.9. The van der Waals surface area contributed by atoms with Crippen molar-refractivity contribution in [1.82, 2.24) is 9.88 Å². The van der Waals surface area contributed by atoms with Crippen molar-refractivity contribution >= 4 is 81.0 Å². The van der Waals surface area contributed by atoms with Crippen molar-refractivity contribution in [3.05, 3.63) is 46.2 Å². The van der Waals surface area contributed by atoms with Gasteiger partial charge in [-0.25, -0.2) is 0 Å². The number of anilines is 1. The average Bonchev–Trinajstić information content (AvgIpc) is 4.07. The summed E-state index contributed by atoms with van der Waals surface area (Å²) in [5.41, 5.74) is -2.42. The number of carbonyl (C=O) groups is 3. The summed E-state index contributed by atoms with van der Waals surface area (Å²) >= 11 is 16.9. The third kappa shape index (κ3) is 13.2. The predicted molar refractivity (Wildman–Crippen MR) is 307 cm³/mol. The Morgan fingerprint density at radius 1 is 0.861 bits per heavy atom. The number of hydrogen-bond donors (Lipinski definition) is 2. The topological polar surface area (TPSA) is 203 Å². The zero-order chi connectivity index (χ0) is 57.5. The van der Waals surface area contributed by atoms with Gasteiger partial charge in [0.05, 0.1) is 64.8 Å². The number of carbonyl (C=O) groups excluding carboxylic acids is 3. The lowest BCUT2D eigenvalue weighted by molar-refractivity contribution is -0.339. The molecule has 18 nitrogen and oxygen atoms in total. The minimum atomic E-state index is -1.48. The van der Waals surface area contributed by atoms with Gasteiger partial charge in [0.2, 0.25) is 0 Å². The van der Waals surface area contributed by atoms with Crippen LogP contribution in [-0.2, 0) is 58.8 Å². The Bertz CT molecular complexity index is 2450. The van der Waals surface area contributed by atoms with E-state index in [-0.39, 0.29) is 31.1 Å². The smallest absolute Gasteiger partial charge is 0.320 e. The number of rotatable bonds is 13. The van der Waals surface area contributed by atoms with Crippen LogP contribution in [0.1, 0.15) is 105 Å². The van der Waals surface area contributed by atoms with Crippen LogP contribution in [-0.4, -0.2) is 173 Å². The monoisotopic (exact) mass is 1280 g/mol. The quantitative estimate of drug-likeness (QED) is 0.110. The van der Waals surface area contributed by atoms with E-state index in [4.69, 9.17) is 70.6 Å². The van der Waals surface area contributed by atoms with E-state index in [2.05, 4.69) is 9.88 Å². The first-order chi connectivity index (χ1) is 37.4. The Labute approximate surface area is 493 Å². The number of hydrogen-bond acceptors (Lipinski definition) is 19. The van der Waals surface area contributed by atoms with Crippen molar-refractivity contribution in [2.75, 3.05) is 52.6 Å². The average molecular weight is 1280 g/mol. The zero-order valence-electron chi connectivity index (χ0n) is 47.6. The highest BCUT2D eigenvalue weighted by atomic mass is 127. The SMILES string of the molecule is COc1ccc(N(CCS[C@@H]2C(=O)O[C@@]3(C)[C@H]2[C@@H](C)C(=O)[C@H](C)C[C@@](C)(OC)[C@@H]2O[C@@H]4O[C@H](C[C@@H]5O[C@H](C[C@@](C)(OC)[C@H]5O)O[C@@H]([C@@H]2C)[C@@H](C)C(=O)O[C@@H]3I)C[C@H](N(C)C)[C@H]4O)Cc2c(Cl)cncc2Cl)cc1OC1CCCC1. The molecule has 6 heterocycles. The Hall–Kier alpha value is -2.32. The summed E-state index contributed by atoms with van der Waals surface area (Å²) in [4.78, 5) is 53.2. The molecule has 79 heavy (non-hydrogen) atoms. The van der Waals surface area contributed by atoms with Gasteiger partial charge < -0.3 is 67.4 Å². The van der Waals surface area contributed by atoms with Crippen LogP contribution in [0.15, 0.2) is 30.6 Å². The molecule has 1 saturated carbocycles. The van der Waals surface area contributed by atoms with Gasteiger partial charge in [0.15, 0.2) is 33.8 Å². The highest BCUT2D eigenvalue weighted by Gasteiger charge is 2.62. The molecule has 442 valence electrons. The van der Waals surface area contributed by atoms with E-state index < -0.39 is 123 Å². The first kappa shape index (κ1) is 62.7. The van der Waals surface area contributed by atoms with Crippen LogP contribution in [0, 0.1) is 29.6 Å². The third-order valence-electron chi connectivity index (χ3n) is 18.0. The van der Waals surface area contributed by atoms with Crippen LogP contribution in [0.25, 0.3) is 0 Å². The minimum absolute atomic E-state index is 0.0689. The van der Waals surface area contributed by atoms with Gasteiger partial charge in [0.25, 0.3) is 0 Å². The van der Waals surface area contributed by atoms with Gasteiger partial charge in [-0.3, -0.25) is 19.4 Å². The van der Waals surface area contributed by atoms with Crippen molar-refractivity contribution in [3.63, 3.8) is 0 Å². The normalized spacial score (nSPS) is 39.6. The van der Waals surface area contributed by atoms with E-state index in [1.807, 2.05) is 87.5 Å². The van der Waals surface area contributed by atoms with Crippen LogP contribution in [0.2, 0.25) is 10.0 Å². The second kappa shape index (κ2) is 25.9. The van der Waals surface area contributed by atoms with Crippen LogP contribution in [0.5, 0.6) is 11.5 Å². The number of aliphatic hydroxyl groups is 2. The molecule has 0 spiro atoms. The van der Waals surface area contributed by atoms with Gasteiger partial charge in [-0.15, -0.1) is 11.8 Å². The molecule has 0 amide bonds. The first-order valence-electron chi connectivity index (χ1n) is 27.7. The van der Waals surface area contributed by atoms with E-state index in [0.717, 1.165) is 31.4 Å². The standard InChI is InChI=1S/C57H82Cl2IN3O15S/c1-29-24-56(6,71-12)50-31(3)47(75-43-25-55(5,70-11)49(66)42(74-43)23-35-22-39(62(8)9)46(65)53(73-35)76-50)32(4)51(67)77-54(60)57(7)44(30(2)45(29)64)48(52(68)78-57)79-20-19-63(28-36-37(58)26-61-27-38(36)59)33-17-18-40(69-10)41(21-33)72-34-15-13-14-16-34/h17-18,21,26-27,29-32,34-35,39,42-44,46-50,53-54,65-66H,13-16,19-20,22-25,28H2,1-12H3/t29-,30-,31+,32-,35+,39+,42+,43+,44+,46-,47+,48+,49+,50-,53+,54+,55-,56-,57+/m1/s1. The molecule has 0 unspecified atom stereocenters. The number of thioether (sulfide) groups is 1. The second-order valence-electron chi connectivity index (χ2n) is 23.5. The van der Waals surface area contributed by atoms with E-state index in [1.54, 1.807) is 47.4 Å². The number of methoxy groups -OCH3 is 3. The Balaban J connectivity index is 1.14. The van der Waals surface area contributed by atoms with Crippen molar-refractivity contribution in [1.29, 1.82) is 0 Å². The number of halogens is 3. The Kier molecular flexibility index (Phi) is 20.6. The maximum absolute atomic E-state index is 15.4. The highest BCUT2D eigenvalue weighted by molar-refractivity contribution is 14.1. The third-order valence-corrected chi connectivity index (χ3v) is 21.4. The summed E-state index contributed by atoms with van der Waals surface area (Å²) in [7, 11) is 8.45. The van der Waals surface area contributed by atoms with Gasteiger partial charge >= 0.3 is 11.9 Å². The number of nitrogens with zero attached hydrogens (tertiary/aromatic N) is 3. The number of likely N-dealkylation sites (N-methyl/N-ethyl adjacent to an activating group) is 1. The van der Waals surface area contributed by atoms with Crippen LogP contribution in [0.4, 0.5) is 5.69 Å². The van der Waals surface area contributed by atoms with Crippen LogP contribution >= 0.6 is 57.6 Å². The molecule has 6 fully saturated rings. The molecule has 22 heteroatoms. The number of Topliss-reactive ketones (excluding diaryl/α,β-unsaturated/α-hetero) is 1. The van der Waals surface area contributed by atoms with Gasteiger partial charge in [-0.1, -0.05) is 44.0 Å². The van der Waals surface area contributed by atoms with Gasteiger partial charge in [0.1, 0.15) is 23.2 Å². The zero-order valence-corrected chi connectivity index (χ0v) is 52.1. The lowest BCUT2D eigenvalue weighted by Gasteiger charge is -2.52. The van der Waals surface area contributed by atoms with Crippen molar-refractivity contribution in [2.24, 2.45) is 29.6 Å². The predicted octanol–water partition coefficient (Wildman–Crippen LogP) is 8.45. The first-order valence-corrected chi connectivity index (χ1v) is 30.8. The molecular weight excluding hydrogens is 1200 g/mol. The van der Waals surface area contributed by atoms with Crippen LogP contribution < -0.4 is 14.4 Å². The fraction of sp³-hybridized carbons (Fsp3) is 0.754. The summed E-state index contributed by atoms with van der Waals surface area (Å²) in [5.74, 6) is -3.81. The molecule has 6 bridgehead atoms. The number of alkyl halides is 1. The summed E-state index contributed by atoms with van der Waals surface area (Å²) in [6.07, 6.45) is 0.326. The van der Waals surface area contributed by atoms with E-state index >= 15 is 9.59 Å². The van der Waals surface area contributed by atoms with Crippen LogP contribution in [0.3, 0.4) is 0 Å². The molecule has 2 aromatic rings. The molecular formula is C57H82Cl2IN3O15S. The number of fused-ring (bicyclic) bond motifs is 7. The maximum atomic E-state index is 15.4. The lowest BCUT2D eigenvalue weighted by atomic mass is 9.72. The number of pyridine rings is 1. The molecule has 1 aromatic carbocycles. The molecule has 5 aliphatic heterocycles. The van der Waals surface area contributed by atoms with E-state index in [9.17, 15) is 15.0 Å². The summed E-state index contributed by atoms with van der Waals surface area (Å²) in [5, 5.41) is 23.8. The number of aliphatic hydroxyl groups excluding tert-OH is 2. The number of aromatic nitrogens is 1. The van der Waals surface area contributed by atoms with E-state index in [0.29, 0.717) is 52.4 Å². The minimum Gasteiger partial charge on any atom is -0.493 e. The lowest BCUT2D eigenvalue weighted by Crippen LogP contribution is -2.63. The number of benzene rings is 1. The largest absolute Gasteiger partial charge is 0.493 e. The molecule has 1 aliphatic carbocycles. The number of ether oxygens (including phenoxy) is 10. The molecule has 19 atom stereocenters. The number of esters is 2. The van der Waals surface area contributed by atoms with E-state index in [1.165, 1.54) is 18.9 Å². The summed E-state index contributed by atoms with van der Waals surface area (Å²) in [6, 6.07) is 5.36. The highest BCUT2D eigenvalue weighted by Crippen LogP contribution is 2.51. The molecule has 8 rings (SSSR count). The molecule has 6 aliphatic rings. The number of ketones is 1. The van der Waals surface area contributed by atoms with Gasteiger partial charge in [-0.05, 0) is 115 Å². The number of cyclic esters (lactones) is 1. The maximum Gasteiger partial charge on any atom is 0.320 e. The van der Waals surface area contributed by atoms with Gasteiger partial charge in [-0.2, -0.15) is 0 Å². The van der Waals surface area contributed by atoms with Crippen molar-refractivity contribution in [2.45, 2.75) is 194 Å². The Morgan fingerprint density at radius 3 is 2.19 bits per heavy atom. The summed E-state index contributed by atoms with van der Waals surface area (Å²) < 4.78 is 64.0. The molecule has 2 N–H and O–H groups in total. The van der Waals surface area contributed by atoms with Gasteiger partial charge in [0, 0.05) is 105 Å². The molecule has 0 radical (unpaired) electrons. The van der Waals surface area contributed by atoms with Crippen molar-refractivity contribution in [3.8, 4) is 11.5 Å². The fourth-order valence-electron chi connectivity index (χ4n) is 13.1. The summed E-state index contributed by atoms with van der Waals surface area (Å²) in [6.45, 7) is 13.3. The second-order valence-corrected chi connectivity index (χ2v) is 26.7. The molecule has 1 aromatic heterocycles. The van der Waals surface area contributed by atoms with Crippen molar-refractivity contribution < 1.29 is 72.0 Å². The Morgan fingerprint density at radius 2 is 1.54 bits per heavy atom.